The van der Waals surface area contributed by atoms with Crippen LogP contribution in [0.2, 0.25) is 0 Å². The summed E-state index contributed by atoms with van der Waals surface area (Å²) >= 11 is 0. The zero-order chi connectivity index (χ0) is 18.9. The maximum Gasteiger partial charge on any atom is 0.291 e. The molecule has 1 aromatic heterocycles. The Balaban J connectivity index is 1.93. The molecular formula is C18H13F2NO4S. The van der Waals surface area contributed by atoms with Crippen LogP contribution in [0.4, 0.5) is 14.5 Å². The number of benzene rings is 2. The van der Waals surface area contributed by atoms with Crippen LogP contribution >= 0.6 is 0 Å². The average Bonchev–Trinajstić information content (AvgIpc) is 3.08. The fourth-order valence-electron chi connectivity index (χ4n) is 2.32. The van der Waals surface area contributed by atoms with Crippen LogP contribution < -0.4 is 5.32 Å². The van der Waals surface area contributed by atoms with Crippen molar-refractivity contribution in [2.24, 2.45) is 0 Å². The molecule has 134 valence electrons. The second-order valence-electron chi connectivity index (χ2n) is 5.54. The molecule has 1 amide bonds. The highest BCUT2D eigenvalue weighted by atomic mass is 32.2. The van der Waals surface area contributed by atoms with Crippen LogP contribution in [0.15, 0.2) is 64.1 Å². The minimum Gasteiger partial charge on any atom is -0.440 e. The molecule has 0 aliphatic rings. The van der Waals surface area contributed by atoms with Gasteiger partial charge in [0, 0.05) is 17.5 Å². The normalized spacial score (nSPS) is 11.3. The molecule has 1 N–H and O–H groups in total. The first-order chi connectivity index (χ1) is 12.2. The highest BCUT2D eigenvalue weighted by Crippen LogP contribution is 2.29. The van der Waals surface area contributed by atoms with E-state index in [9.17, 15) is 22.0 Å². The van der Waals surface area contributed by atoms with E-state index in [0.29, 0.717) is 11.1 Å². The molecule has 0 spiro atoms. The lowest BCUT2D eigenvalue weighted by atomic mass is 10.0. The SMILES string of the molecule is CS(=O)(=O)c1ccc(C(=O)Nc2ccc(F)cc2-c2ccc(F)cc2)o1. The molecule has 0 atom stereocenters. The number of amides is 1. The molecule has 5 nitrogen and oxygen atoms in total. The monoisotopic (exact) mass is 377 g/mol. The highest BCUT2D eigenvalue weighted by molar-refractivity contribution is 7.90. The van der Waals surface area contributed by atoms with Crippen LogP contribution in [0.3, 0.4) is 0 Å². The van der Waals surface area contributed by atoms with Crippen molar-refractivity contribution in [1.82, 2.24) is 0 Å². The molecule has 0 saturated heterocycles. The van der Waals surface area contributed by atoms with Gasteiger partial charge in [0.1, 0.15) is 11.6 Å². The largest absolute Gasteiger partial charge is 0.440 e. The lowest BCUT2D eigenvalue weighted by Crippen LogP contribution is -2.12. The van der Waals surface area contributed by atoms with E-state index in [0.717, 1.165) is 12.3 Å². The maximum absolute atomic E-state index is 13.6. The van der Waals surface area contributed by atoms with Gasteiger partial charge in [0.05, 0.1) is 0 Å². The van der Waals surface area contributed by atoms with Crippen molar-refractivity contribution < 1.29 is 26.4 Å². The molecule has 2 aromatic carbocycles. The van der Waals surface area contributed by atoms with Gasteiger partial charge in [-0.15, -0.1) is 0 Å². The van der Waals surface area contributed by atoms with E-state index >= 15 is 0 Å². The zero-order valence-corrected chi connectivity index (χ0v) is 14.3. The van der Waals surface area contributed by atoms with Gasteiger partial charge in [0.15, 0.2) is 5.76 Å². The van der Waals surface area contributed by atoms with E-state index < -0.39 is 27.4 Å². The Labute approximate surface area is 148 Å². The second kappa shape index (κ2) is 6.72. The third-order valence-corrected chi connectivity index (χ3v) is 4.51. The number of hydrogen-bond acceptors (Lipinski definition) is 4. The highest BCUT2D eigenvalue weighted by Gasteiger charge is 2.18. The summed E-state index contributed by atoms with van der Waals surface area (Å²) in [4.78, 5) is 12.3. The number of anilines is 1. The molecule has 0 aliphatic carbocycles. The van der Waals surface area contributed by atoms with Crippen LogP contribution in [0.25, 0.3) is 11.1 Å². The summed E-state index contributed by atoms with van der Waals surface area (Å²) < 4.78 is 54.7. The number of furan rings is 1. The quantitative estimate of drug-likeness (QED) is 0.749. The molecule has 1 heterocycles. The van der Waals surface area contributed by atoms with Gasteiger partial charge >= 0.3 is 0 Å². The third-order valence-electron chi connectivity index (χ3n) is 3.56. The Kier molecular flexibility index (Phi) is 4.60. The van der Waals surface area contributed by atoms with Gasteiger partial charge in [-0.25, -0.2) is 17.2 Å². The van der Waals surface area contributed by atoms with Crippen molar-refractivity contribution in [3.63, 3.8) is 0 Å². The molecule has 3 aromatic rings. The third kappa shape index (κ3) is 3.80. The van der Waals surface area contributed by atoms with Crippen LogP contribution in [0.5, 0.6) is 0 Å². The van der Waals surface area contributed by atoms with Gasteiger partial charge < -0.3 is 9.73 Å². The van der Waals surface area contributed by atoms with Crippen LogP contribution in [-0.2, 0) is 9.84 Å². The Morgan fingerprint density at radius 1 is 0.962 bits per heavy atom. The molecule has 0 bridgehead atoms. The van der Waals surface area contributed by atoms with Crippen LogP contribution in [0.1, 0.15) is 10.6 Å². The van der Waals surface area contributed by atoms with E-state index in [-0.39, 0.29) is 16.5 Å². The standard InChI is InChI=1S/C18H13F2NO4S/c1-26(23,24)17-9-8-16(25-17)18(22)21-15-7-6-13(20)10-14(15)11-2-4-12(19)5-3-11/h2-10H,1H3,(H,21,22). The zero-order valence-electron chi connectivity index (χ0n) is 13.5. The lowest BCUT2D eigenvalue weighted by Gasteiger charge is -2.11. The Morgan fingerprint density at radius 3 is 2.23 bits per heavy atom. The number of sulfone groups is 1. The number of carbonyl (C=O) groups is 1. The van der Waals surface area contributed by atoms with Crippen LogP contribution in [0, 0.1) is 11.6 Å². The van der Waals surface area contributed by atoms with E-state index in [1.807, 2.05) is 0 Å². The average molecular weight is 377 g/mol. The smallest absolute Gasteiger partial charge is 0.291 e. The van der Waals surface area contributed by atoms with Crippen molar-refractivity contribution in [2.45, 2.75) is 5.09 Å². The number of nitrogens with one attached hydrogen (secondary N) is 1. The minimum absolute atomic E-state index is 0.209. The van der Waals surface area contributed by atoms with Crippen molar-refractivity contribution in [3.05, 3.63) is 72.0 Å². The Morgan fingerprint density at radius 2 is 1.62 bits per heavy atom. The first-order valence-electron chi connectivity index (χ1n) is 7.41. The molecule has 0 radical (unpaired) electrons. The summed E-state index contributed by atoms with van der Waals surface area (Å²) in [5.41, 5.74) is 1.10. The Hall–Kier alpha value is -3.00. The van der Waals surface area contributed by atoms with Gasteiger partial charge in [-0.05, 0) is 48.0 Å². The fourth-order valence-corrected chi connectivity index (χ4v) is 2.88. The summed E-state index contributed by atoms with van der Waals surface area (Å²) in [5.74, 6) is -1.88. The van der Waals surface area contributed by atoms with Crippen molar-refractivity contribution in [2.75, 3.05) is 11.6 Å². The first-order valence-corrected chi connectivity index (χ1v) is 9.30. The molecule has 3 rings (SSSR count). The van der Waals surface area contributed by atoms with E-state index in [2.05, 4.69) is 5.32 Å². The molecule has 0 fully saturated rings. The fraction of sp³-hybridized carbons (Fsp3) is 0.0556. The summed E-state index contributed by atoms with van der Waals surface area (Å²) in [6.07, 6.45) is 0.958. The summed E-state index contributed by atoms with van der Waals surface area (Å²) in [7, 11) is -3.58. The second-order valence-corrected chi connectivity index (χ2v) is 7.49. The van der Waals surface area contributed by atoms with Crippen LogP contribution in [-0.4, -0.2) is 20.6 Å². The van der Waals surface area contributed by atoms with Gasteiger partial charge in [-0.3, -0.25) is 4.79 Å². The Bertz CT molecular complexity index is 1070. The lowest BCUT2D eigenvalue weighted by molar-refractivity contribution is 0.0991. The van der Waals surface area contributed by atoms with Crippen molar-refractivity contribution in [1.29, 1.82) is 0 Å². The molecular weight excluding hydrogens is 364 g/mol. The molecule has 26 heavy (non-hydrogen) atoms. The summed E-state index contributed by atoms with van der Waals surface area (Å²) in [5, 5.41) is 2.21. The molecule has 0 saturated carbocycles. The van der Waals surface area contributed by atoms with Crippen molar-refractivity contribution in [3.8, 4) is 11.1 Å². The first kappa shape index (κ1) is 17.8. The van der Waals surface area contributed by atoms with Gasteiger partial charge in [-0.2, -0.15) is 0 Å². The summed E-state index contributed by atoms with van der Waals surface area (Å²) in [6, 6.07) is 11.5. The van der Waals surface area contributed by atoms with Gasteiger partial charge in [-0.1, -0.05) is 12.1 Å². The number of rotatable bonds is 4. The molecule has 0 unspecified atom stereocenters. The number of hydrogen-bond donors (Lipinski definition) is 1. The van der Waals surface area contributed by atoms with Crippen molar-refractivity contribution >= 4 is 21.4 Å². The summed E-state index contributed by atoms with van der Waals surface area (Å²) in [6.45, 7) is 0. The van der Waals surface area contributed by atoms with E-state index in [4.69, 9.17) is 4.42 Å². The minimum atomic E-state index is -3.58. The maximum atomic E-state index is 13.6. The topological polar surface area (TPSA) is 76.4 Å². The van der Waals surface area contributed by atoms with E-state index in [1.54, 1.807) is 0 Å². The molecule has 0 aliphatic heterocycles. The van der Waals surface area contributed by atoms with Gasteiger partial charge in [0.2, 0.25) is 14.9 Å². The predicted octanol–water partition coefficient (Wildman–Crippen LogP) is 3.88. The number of carbonyl (C=O) groups excluding carboxylic acids is 1. The van der Waals surface area contributed by atoms with E-state index in [1.165, 1.54) is 48.5 Å². The molecule has 8 heteroatoms. The number of halogens is 2. The predicted molar refractivity (Wildman–Crippen MR) is 91.6 cm³/mol. The van der Waals surface area contributed by atoms with Gasteiger partial charge in [0.25, 0.3) is 5.91 Å².